The molecule has 0 saturated carbocycles. The first-order valence-corrected chi connectivity index (χ1v) is 10.3. The molecule has 3 aromatic heterocycles. The molecule has 1 atom stereocenters. The van der Waals surface area contributed by atoms with Crippen molar-refractivity contribution >= 4 is 23.4 Å². The maximum Gasteiger partial charge on any atom is 0.227 e. The fourth-order valence-electron chi connectivity index (χ4n) is 4.29. The Hall–Kier alpha value is -3.42. The Balaban J connectivity index is 1.39. The Labute approximate surface area is 175 Å². The highest BCUT2D eigenvalue weighted by Crippen LogP contribution is 2.35. The number of aromatic nitrogens is 3. The Morgan fingerprint density at radius 3 is 2.57 bits per heavy atom. The van der Waals surface area contributed by atoms with Gasteiger partial charge >= 0.3 is 0 Å². The third kappa shape index (κ3) is 3.38. The Morgan fingerprint density at radius 1 is 1.03 bits per heavy atom. The second-order valence-electron chi connectivity index (χ2n) is 7.65. The molecule has 1 fully saturated rings. The minimum atomic E-state index is 0.0217. The quantitative estimate of drug-likeness (QED) is 0.710. The number of carbonyl (C=O) groups excluding carboxylic acids is 1. The van der Waals surface area contributed by atoms with Gasteiger partial charge in [0, 0.05) is 58.2 Å². The molecule has 1 aliphatic carbocycles. The van der Waals surface area contributed by atoms with E-state index in [1.807, 2.05) is 36.5 Å². The number of pyridine rings is 1. The van der Waals surface area contributed by atoms with Gasteiger partial charge in [-0.2, -0.15) is 4.98 Å². The SMILES string of the molecule is CNc1nc(N2CCN(c3ccccn3)CC2)nc2c1C(=O)CC(c1ccco1)C2. The van der Waals surface area contributed by atoms with Crippen molar-refractivity contribution in [2.45, 2.75) is 18.8 Å². The smallest absolute Gasteiger partial charge is 0.227 e. The van der Waals surface area contributed by atoms with Gasteiger partial charge in [0.25, 0.3) is 0 Å². The molecule has 0 spiro atoms. The molecule has 0 aromatic carbocycles. The lowest BCUT2D eigenvalue weighted by Gasteiger charge is -2.36. The molecule has 154 valence electrons. The molecular formula is C22H24N6O2. The Morgan fingerprint density at radius 2 is 1.87 bits per heavy atom. The van der Waals surface area contributed by atoms with Crippen LogP contribution in [0.4, 0.5) is 17.6 Å². The molecule has 1 aliphatic heterocycles. The second kappa shape index (κ2) is 7.78. The number of furan rings is 1. The van der Waals surface area contributed by atoms with Gasteiger partial charge in [0.05, 0.1) is 17.5 Å². The molecule has 8 nitrogen and oxygen atoms in total. The fourth-order valence-corrected chi connectivity index (χ4v) is 4.29. The van der Waals surface area contributed by atoms with Gasteiger partial charge < -0.3 is 19.5 Å². The zero-order valence-electron chi connectivity index (χ0n) is 16.9. The van der Waals surface area contributed by atoms with Crippen LogP contribution in [0.5, 0.6) is 0 Å². The molecular weight excluding hydrogens is 380 g/mol. The minimum Gasteiger partial charge on any atom is -0.469 e. The van der Waals surface area contributed by atoms with Crippen molar-refractivity contribution in [2.75, 3.05) is 48.3 Å². The van der Waals surface area contributed by atoms with E-state index in [1.165, 1.54) is 0 Å². The van der Waals surface area contributed by atoms with Crippen LogP contribution in [0, 0.1) is 0 Å². The number of anilines is 3. The van der Waals surface area contributed by atoms with Gasteiger partial charge in [-0.05, 0) is 24.3 Å². The maximum absolute atomic E-state index is 12.9. The van der Waals surface area contributed by atoms with Gasteiger partial charge in [-0.1, -0.05) is 6.07 Å². The monoisotopic (exact) mass is 404 g/mol. The van der Waals surface area contributed by atoms with E-state index in [0.717, 1.165) is 43.5 Å². The standard InChI is InChI=1S/C22H24N6O2/c1-23-21-20-16(13-15(14-17(20)29)18-5-4-12-30-18)25-22(26-21)28-10-8-27(9-11-28)19-6-2-3-7-24-19/h2-7,12,15H,8-11,13-14H2,1H3,(H,23,25,26). The van der Waals surface area contributed by atoms with Crippen molar-refractivity contribution in [1.29, 1.82) is 0 Å². The van der Waals surface area contributed by atoms with Crippen LogP contribution in [0.2, 0.25) is 0 Å². The van der Waals surface area contributed by atoms with E-state index in [-0.39, 0.29) is 11.7 Å². The van der Waals surface area contributed by atoms with E-state index in [4.69, 9.17) is 9.40 Å². The summed E-state index contributed by atoms with van der Waals surface area (Å²) in [7, 11) is 1.80. The molecule has 8 heteroatoms. The Kier molecular flexibility index (Phi) is 4.82. The largest absolute Gasteiger partial charge is 0.469 e. The number of ketones is 1. The van der Waals surface area contributed by atoms with E-state index in [0.29, 0.717) is 30.2 Å². The van der Waals surface area contributed by atoms with Gasteiger partial charge in [-0.25, -0.2) is 9.97 Å². The summed E-state index contributed by atoms with van der Waals surface area (Å²) in [4.78, 5) is 31.3. The Bertz CT molecular complexity index is 1030. The maximum atomic E-state index is 12.9. The van der Waals surface area contributed by atoms with Crippen LogP contribution in [0.15, 0.2) is 47.2 Å². The van der Waals surface area contributed by atoms with Crippen LogP contribution in [0.25, 0.3) is 0 Å². The number of nitrogens with zero attached hydrogens (tertiary/aromatic N) is 5. The van der Waals surface area contributed by atoms with E-state index < -0.39 is 0 Å². The van der Waals surface area contributed by atoms with E-state index in [2.05, 4.69) is 25.1 Å². The number of fused-ring (bicyclic) bond motifs is 1. The molecule has 0 radical (unpaired) electrons. The lowest BCUT2D eigenvalue weighted by molar-refractivity contribution is 0.0959. The molecule has 5 rings (SSSR count). The summed E-state index contributed by atoms with van der Waals surface area (Å²) in [6.07, 6.45) is 4.56. The number of carbonyl (C=O) groups is 1. The van der Waals surface area contributed by atoms with Crippen molar-refractivity contribution in [3.05, 3.63) is 59.8 Å². The summed E-state index contributed by atoms with van der Waals surface area (Å²) in [5.41, 5.74) is 1.42. The van der Waals surface area contributed by atoms with Gasteiger partial charge in [0.15, 0.2) is 5.78 Å². The summed E-state index contributed by atoms with van der Waals surface area (Å²) in [6, 6.07) is 9.76. The second-order valence-corrected chi connectivity index (χ2v) is 7.65. The van der Waals surface area contributed by atoms with Gasteiger partial charge in [-0.15, -0.1) is 0 Å². The average Bonchev–Trinajstić information content (AvgIpc) is 3.34. The summed E-state index contributed by atoms with van der Waals surface area (Å²) < 4.78 is 5.56. The topological polar surface area (TPSA) is 87.4 Å². The lowest BCUT2D eigenvalue weighted by Crippen LogP contribution is -2.47. The molecule has 1 N–H and O–H groups in total. The molecule has 30 heavy (non-hydrogen) atoms. The van der Waals surface area contributed by atoms with Crippen LogP contribution < -0.4 is 15.1 Å². The summed E-state index contributed by atoms with van der Waals surface area (Å²) in [5.74, 6) is 3.20. The van der Waals surface area contributed by atoms with Crippen molar-refractivity contribution in [3.8, 4) is 0 Å². The molecule has 0 bridgehead atoms. The number of rotatable bonds is 4. The third-order valence-electron chi connectivity index (χ3n) is 5.84. The van der Waals surface area contributed by atoms with Gasteiger partial charge in [0.2, 0.25) is 5.95 Å². The van der Waals surface area contributed by atoms with Crippen LogP contribution in [0.3, 0.4) is 0 Å². The fraction of sp³-hybridized carbons (Fsp3) is 0.364. The van der Waals surface area contributed by atoms with Crippen molar-refractivity contribution in [3.63, 3.8) is 0 Å². The van der Waals surface area contributed by atoms with Gasteiger partial charge in [-0.3, -0.25) is 4.79 Å². The van der Waals surface area contributed by atoms with Crippen molar-refractivity contribution in [2.24, 2.45) is 0 Å². The van der Waals surface area contributed by atoms with Crippen LogP contribution in [-0.2, 0) is 6.42 Å². The van der Waals surface area contributed by atoms with E-state index in [9.17, 15) is 4.79 Å². The number of Topliss-reactive ketones (excluding diaryl/α,β-unsaturated/α-hetero) is 1. The normalized spacial score (nSPS) is 19.0. The number of hydrogen-bond donors (Lipinski definition) is 1. The number of hydrogen-bond acceptors (Lipinski definition) is 8. The highest BCUT2D eigenvalue weighted by atomic mass is 16.3. The first-order chi connectivity index (χ1) is 14.7. The first kappa shape index (κ1) is 18.6. The van der Waals surface area contributed by atoms with Crippen LogP contribution in [0.1, 0.15) is 34.2 Å². The molecule has 2 aliphatic rings. The van der Waals surface area contributed by atoms with E-state index in [1.54, 1.807) is 13.3 Å². The molecule has 1 saturated heterocycles. The summed E-state index contributed by atoms with van der Waals surface area (Å²) in [6.45, 7) is 3.29. The zero-order valence-corrected chi connectivity index (χ0v) is 16.9. The summed E-state index contributed by atoms with van der Waals surface area (Å²) in [5, 5.41) is 3.11. The highest BCUT2D eigenvalue weighted by molar-refractivity contribution is 6.03. The molecule has 1 unspecified atom stereocenters. The number of piperazine rings is 1. The third-order valence-corrected chi connectivity index (χ3v) is 5.84. The minimum absolute atomic E-state index is 0.0217. The highest BCUT2D eigenvalue weighted by Gasteiger charge is 2.33. The molecule has 3 aromatic rings. The molecule has 0 amide bonds. The average molecular weight is 404 g/mol. The zero-order chi connectivity index (χ0) is 20.5. The van der Waals surface area contributed by atoms with Crippen LogP contribution >= 0.6 is 0 Å². The predicted octanol–water partition coefficient (Wildman–Crippen LogP) is 2.75. The van der Waals surface area contributed by atoms with Crippen LogP contribution in [-0.4, -0.2) is 54.0 Å². The predicted molar refractivity (Wildman–Crippen MR) is 114 cm³/mol. The first-order valence-electron chi connectivity index (χ1n) is 10.3. The number of nitrogens with one attached hydrogen (secondary N) is 1. The van der Waals surface area contributed by atoms with Gasteiger partial charge in [0.1, 0.15) is 17.4 Å². The lowest BCUT2D eigenvalue weighted by atomic mass is 9.84. The van der Waals surface area contributed by atoms with Crippen molar-refractivity contribution < 1.29 is 9.21 Å². The molecule has 4 heterocycles. The van der Waals surface area contributed by atoms with E-state index >= 15 is 0 Å². The summed E-state index contributed by atoms with van der Waals surface area (Å²) >= 11 is 0. The van der Waals surface area contributed by atoms with Crippen molar-refractivity contribution in [1.82, 2.24) is 15.0 Å².